The summed E-state index contributed by atoms with van der Waals surface area (Å²) in [5.41, 5.74) is 3.04. The zero-order valence-corrected chi connectivity index (χ0v) is 16.1. The Morgan fingerprint density at radius 3 is 2.29 bits per heavy atom. The molecule has 3 aromatic carbocycles. The molecule has 0 unspecified atom stereocenters. The fraction of sp³-hybridized carbons (Fsp3) is 0.0909. The molecule has 0 N–H and O–H groups in total. The van der Waals surface area contributed by atoms with Crippen LogP contribution in [0.25, 0.3) is 10.9 Å². The molecule has 0 saturated heterocycles. The summed E-state index contributed by atoms with van der Waals surface area (Å²) < 4.78 is 29.6. The lowest BCUT2D eigenvalue weighted by molar-refractivity contribution is 0.468. The summed E-state index contributed by atoms with van der Waals surface area (Å²) in [6, 6.07) is 22.8. The summed E-state index contributed by atoms with van der Waals surface area (Å²) >= 11 is 0. The smallest absolute Gasteiger partial charge is 0.230 e. The van der Waals surface area contributed by atoms with Crippen molar-refractivity contribution in [3.05, 3.63) is 90.3 Å². The van der Waals surface area contributed by atoms with E-state index < -0.39 is 9.84 Å². The summed E-state index contributed by atoms with van der Waals surface area (Å²) in [7, 11) is -3.33. The summed E-state index contributed by atoms with van der Waals surface area (Å²) in [6.45, 7) is 0. The van der Waals surface area contributed by atoms with Crippen molar-refractivity contribution in [1.82, 2.24) is 9.97 Å². The number of fused-ring (bicyclic) bond motifs is 1. The second-order valence-corrected chi connectivity index (χ2v) is 8.55. The van der Waals surface area contributed by atoms with Gasteiger partial charge in [0.15, 0.2) is 9.84 Å². The maximum absolute atomic E-state index is 11.9. The fourth-order valence-corrected chi connectivity index (χ4v) is 3.59. The quantitative estimate of drug-likeness (QED) is 0.505. The van der Waals surface area contributed by atoms with E-state index in [-0.39, 0.29) is 4.90 Å². The van der Waals surface area contributed by atoms with Crippen molar-refractivity contribution in [3.8, 4) is 11.6 Å². The van der Waals surface area contributed by atoms with Gasteiger partial charge in [-0.05, 0) is 47.9 Å². The van der Waals surface area contributed by atoms with Crippen molar-refractivity contribution in [1.29, 1.82) is 0 Å². The molecule has 0 spiro atoms. The highest BCUT2D eigenvalue weighted by Gasteiger charge is 2.12. The van der Waals surface area contributed by atoms with Gasteiger partial charge in [0, 0.05) is 6.26 Å². The molecule has 1 heterocycles. The molecule has 0 aliphatic heterocycles. The predicted molar refractivity (Wildman–Crippen MR) is 108 cm³/mol. The van der Waals surface area contributed by atoms with Gasteiger partial charge in [0.2, 0.25) is 5.88 Å². The zero-order chi connectivity index (χ0) is 19.6. The fourth-order valence-electron chi connectivity index (χ4n) is 2.94. The minimum Gasteiger partial charge on any atom is -0.438 e. The van der Waals surface area contributed by atoms with Gasteiger partial charge in [-0.25, -0.2) is 18.4 Å². The van der Waals surface area contributed by atoms with E-state index in [1.807, 2.05) is 42.5 Å². The molecule has 0 aliphatic carbocycles. The summed E-state index contributed by atoms with van der Waals surface area (Å²) in [5, 5.41) is 0.554. The van der Waals surface area contributed by atoms with Crippen LogP contribution in [0.4, 0.5) is 0 Å². The van der Waals surface area contributed by atoms with E-state index in [9.17, 15) is 8.42 Å². The van der Waals surface area contributed by atoms with Gasteiger partial charge in [-0.3, -0.25) is 0 Å². The van der Waals surface area contributed by atoms with E-state index in [2.05, 4.69) is 22.1 Å². The molecule has 140 valence electrons. The number of ether oxygens (including phenoxy) is 1. The normalized spacial score (nSPS) is 11.5. The lowest BCUT2D eigenvalue weighted by atomic mass is 10.1. The molecule has 0 radical (unpaired) electrons. The molecule has 4 aromatic rings. The van der Waals surface area contributed by atoms with Crippen molar-refractivity contribution in [2.45, 2.75) is 11.3 Å². The van der Waals surface area contributed by atoms with E-state index in [0.29, 0.717) is 22.5 Å². The average molecular weight is 390 g/mol. The monoisotopic (exact) mass is 390 g/mol. The summed E-state index contributed by atoms with van der Waals surface area (Å²) in [4.78, 5) is 8.58. The van der Waals surface area contributed by atoms with Gasteiger partial charge in [0.25, 0.3) is 0 Å². The van der Waals surface area contributed by atoms with Crippen molar-refractivity contribution < 1.29 is 13.2 Å². The zero-order valence-electron chi connectivity index (χ0n) is 15.2. The highest BCUT2D eigenvalue weighted by atomic mass is 32.2. The van der Waals surface area contributed by atoms with Gasteiger partial charge >= 0.3 is 0 Å². The van der Waals surface area contributed by atoms with E-state index in [1.54, 1.807) is 12.1 Å². The maximum atomic E-state index is 11.9. The van der Waals surface area contributed by atoms with Crippen LogP contribution in [0.2, 0.25) is 0 Å². The number of sulfone groups is 1. The second kappa shape index (κ2) is 7.40. The number of hydrogen-bond acceptors (Lipinski definition) is 5. The van der Waals surface area contributed by atoms with Crippen LogP contribution in [-0.4, -0.2) is 24.6 Å². The number of hydrogen-bond donors (Lipinski definition) is 0. The van der Waals surface area contributed by atoms with Crippen molar-refractivity contribution >= 4 is 20.7 Å². The van der Waals surface area contributed by atoms with E-state index in [0.717, 1.165) is 6.42 Å². The molecule has 0 aliphatic rings. The van der Waals surface area contributed by atoms with Gasteiger partial charge in [0.05, 0.1) is 15.8 Å². The summed E-state index contributed by atoms with van der Waals surface area (Å²) in [5.74, 6) is 0.952. The Hall–Kier alpha value is -3.25. The number of nitrogens with zero attached hydrogens (tertiary/aromatic N) is 2. The Balaban J connectivity index is 1.61. The minimum atomic E-state index is -3.33. The van der Waals surface area contributed by atoms with Gasteiger partial charge in [0.1, 0.15) is 12.1 Å². The van der Waals surface area contributed by atoms with Crippen LogP contribution in [-0.2, 0) is 16.3 Å². The first kappa shape index (κ1) is 18.1. The van der Waals surface area contributed by atoms with Crippen LogP contribution >= 0.6 is 0 Å². The van der Waals surface area contributed by atoms with Crippen LogP contribution in [0.15, 0.2) is 84.0 Å². The van der Waals surface area contributed by atoms with E-state index in [4.69, 9.17) is 4.74 Å². The third-order valence-corrected chi connectivity index (χ3v) is 5.50. The lowest BCUT2D eigenvalue weighted by Gasteiger charge is -2.09. The highest BCUT2D eigenvalue weighted by molar-refractivity contribution is 7.90. The van der Waals surface area contributed by atoms with Crippen molar-refractivity contribution in [2.75, 3.05) is 6.26 Å². The molecule has 5 nitrogen and oxygen atoms in total. The van der Waals surface area contributed by atoms with E-state index in [1.165, 1.54) is 29.8 Å². The molecule has 0 saturated carbocycles. The molecule has 0 amide bonds. The Bertz CT molecular complexity index is 1220. The van der Waals surface area contributed by atoms with Crippen LogP contribution in [0, 0.1) is 0 Å². The van der Waals surface area contributed by atoms with Crippen molar-refractivity contribution in [3.63, 3.8) is 0 Å². The van der Waals surface area contributed by atoms with Crippen LogP contribution in [0.1, 0.15) is 11.1 Å². The SMILES string of the molecule is CS(=O)(=O)c1ccc2ncnc(Oc3ccc(Cc4ccccc4)cc3)c2c1. The van der Waals surface area contributed by atoms with Crippen LogP contribution in [0.5, 0.6) is 11.6 Å². The summed E-state index contributed by atoms with van der Waals surface area (Å²) in [6.07, 6.45) is 3.42. The van der Waals surface area contributed by atoms with Crippen LogP contribution in [0.3, 0.4) is 0 Å². The molecular formula is C22H18N2O3S. The molecule has 0 bridgehead atoms. The number of rotatable bonds is 5. The molecule has 0 atom stereocenters. The molecular weight excluding hydrogens is 372 g/mol. The second-order valence-electron chi connectivity index (χ2n) is 6.54. The standard InChI is InChI=1S/C22H18N2O3S/c1-28(25,26)19-11-12-21-20(14-19)22(24-15-23-21)27-18-9-7-17(8-10-18)13-16-5-3-2-4-6-16/h2-12,14-15H,13H2,1H3. The average Bonchev–Trinajstić information content (AvgIpc) is 2.69. The predicted octanol–water partition coefficient (Wildman–Crippen LogP) is 4.42. The third-order valence-electron chi connectivity index (χ3n) is 4.39. The first-order valence-corrected chi connectivity index (χ1v) is 10.6. The largest absolute Gasteiger partial charge is 0.438 e. The highest BCUT2D eigenvalue weighted by Crippen LogP contribution is 2.28. The molecule has 4 rings (SSSR count). The minimum absolute atomic E-state index is 0.206. The maximum Gasteiger partial charge on any atom is 0.230 e. The Kier molecular flexibility index (Phi) is 4.79. The van der Waals surface area contributed by atoms with Gasteiger partial charge in [-0.15, -0.1) is 0 Å². The van der Waals surface area contributed by atoms with Gasteiger partial charge < -0.3 is 4.74 Å². The lowest BCUT2D eigenvalue weighted by Crippen LogP contribution is -1.98. The van der Waals surface area contributed by atoms with Crippen LogP contribution < -0.4 is 4.74 Å². The van der Waals surface area contributed by atoms with Gasteiger partial charge in [-0.2, -0.15) is 0 Å². The first-order chi connectivity index (χ1) is 13.5. The third kappa shape index (κ3) is 4.02. The van der Waals surface area contributed by atoms with Crippen molar-refractivity contribution in [2.24, 2.45) is 0 Å². The number of aromatic nitrogens is 2. The van der Waals surface area contributed by atoms with Gasteiger partial charge in [-0.1, -0.05) is 42.5 Å². The molecule has 28 heavy (non-hydrogen) atoms. The Morgan fingerprint density at radius 2 is 1.57 bits per heavy atom. The molecule has 0 fully saturated rings. The first-order valence-electron chi connectivity index (χ1n) is 8.74. The molecule has 6 heteroatoms. The van der Waals surface area contributed by atoms with E-state index >= 15 is 0 Å². The molecule has 1 aromatic heterocycles. The topological polar surface area (TPSA) is 69.2 Å². The number of benzene rings is 3. The Labute approximate surface area is 163 Å². The Morgan fingerprint density at radius 1 is 0.857 bits per heavy atom.